The van der Waals surface area contributed by atoms with Crippen LogP contribution in [0.15, 0.2) is 12.3 Å². The molecule has 2 N–H and O–H groups in total. The fraction of sp³-hybridized carbons (Fsp3) is 0.462. The summed E-state index contributed by atoms with van der Waals surface area (Å²) in [7, 11) is 0. The number of hydrogen-bond donors (Lipinski definition) is 2. The van der Waals surface area contributed by atoms with Gasteiger partial charge in [0.25, 0.3) is 0 Å². The monoisotopic (exact) mass is 291 g/mol. The molecule has 0 radical (unpaired) electrons. The van der Waals surface area contributed by atoms with Gasteiger partial charge < -0.3 is 10.6 Å². The van der Waals surface area contributed by atoms with Gasteiger partial charge in [0.1, 0.15) is 6.07 Å². The highest BCUT2D eigenvalue weighted by Gasteiger charge is 2.17. The highest BCUT2D eigenvalue weighted by Crippen LogP contribution is 2.22. The van der Waals surface area contributed by atoms with E-state index in [1.807, 2.05) is 20.8 Å². The van der Waals surface area contributed by atoms with E-state index < -0.39 is 4.92 Å². The van der Waals surface area contributed by atoms with Crippen molar-refractivity contribution in [3.63, 3.8) is 0 Å². The van der Waals surface area contributed by atoms with Gasteiger partial charge >= 0.3 is 5.69 Å². The number of rotatable bonds is 5. The van der Waals surface area contributed by atoms with Gasteiger partial charge in [-0.05, 0) is 20.8 Å². The van der Waals surface area contributed by atoms with Gasteiger partial charge in [0.05, 0.1) is 10.5 Å². The largest absolute Gasteiger partial charge is 0.364 e. The molecule has 0 fully saturated rings. The van der Waals surface area contributed by atoms with Crippen molar-refractivity contribution in [1.82, 2.24) is 10.3 Å². The number of nitrogens with zero attached hydrogens (tertiary/aromatic N) is 3. The van der Waals surface area contributed by atoms with Crippen LogP contribution >= 0.6 is 0 Å². The summed E-state index contributed by atoms with van der Waals surface area (Å²) in [6.07, 6.45) is 1.40. The second-order valence-corrected chi connectivity index (χ2v) is 5.44. The molecule has 0 saturated heterocycles. The van der Waals surface area contributed by atoms with Gasteiger partial charge in [-0.3, -0.25) is 14.9 Å². The number of aromatic nitrogens is 1. The predicted octanol–water partition coefficient (Wildman–Crippen LogP) is 1.58. The second kappa shape index (κ2) is 6.65. The molecule has 21 heavy (non-hydrogen) atoms. The first-order valence-corrected chi connectivity index (χ1v) is 6.32. The summed E-state index contributed by atoms with van der Waals surface area (Å²) < 4.78 is 0. The molecular formula is C13H17N5O3. The fourth-order valence-electron chi connectivity index (χ4n) is 1.56. The Hall–Kier alpha value is -2.69. The maximum absolute atomic E-state index is 11.6. The quantitative estimate of drug-likeness (QED) is 0.627. The van der Waals surface area contributed by atoms with Gasteiger partial charge in [-0.25, -0.2) is 4.98 Å². The van der Waals surface area contributed by atoms with Crippen LogP contribution in [0.25, 0.3) is 0 Å². The van der Waals surface area contributed by atoms with Gasteiger partial charge in [0.15, 0.2) is 0 Å². The van der Waals surface area contributed by atoms with E-state index in [0.29, 0.717) is 0 Å². The van der Waals surface area contributed by atoms with Gasteiger partial charge in [-0.1, -0.05) is 0 Å². The van der Waals surface area contributed by atoms with E-state index in [0.717, 1.165) is 6.07 Å². The maximum Gasteiger partial charge on any atom is 0.312 e. The molecule has 0 aliphatic heterocycles. The third-order valence-corrected chi connectivity index (χ3v) is 2.35. The van der Waals surface area contributed by atoms with Crippen LogP contribution in [0.4, 0.5) is 11.5 Å². The number of nitro groups is 1. The van der Waals surface area contributed by atoms with Gasteiger partial charge in [-0.15, -0.1) is 0 Å². The number of carbonyl (C=O) groups is 1. The van der Waals surface area contributed by atoms with Crippen LogP contribution in [0.5, 0.6) is 0 Å². The Morgan fingerprint density at radius 2 is 2.19 bits per heavy atom. The minimum Gasteiger partial charge on any atom is -0.364 e. The van der Waals surface area contributed by atoms with Crippen LogP contribution < -0.4 is 10.6 Å². The molecule has 0 aromatic carbocycles. The van der Waals surface area contributed by atoms with Crippen LogP contribution in [0.3, 0.4) is 0 Å². The third-order valence-electron chi connectivity index (χ3n) is 2.35. The number of hydrogen-bond acceptors (Lipinski definition) is 6. The highest BCUT2D eigenvalue weighted by molar-refractivity contribution is 5.77. The maximum atomic E-state index is 11.6. The Balaban J connectivity index is 2.66. The van der Waals surface area contributed by atoms with Crippen LogP contribution in [0.1, 0.15) is 32.8 Å². The smallest absolute Gasteiger partial charge is 0.312 e. The lowest BCUT2D eigenvalue weighted by Gasteiger charge is -2.20. The zero-order chi connectivity index (χ0) is 16.0. The minimum atomic E-state index is -0.620. The van der Waals surface area contributed by atoms with Gasteiger partial charge in [0.2, 0.25) is 11.7 Å². The van der Waals surface area contributed by atoms with Crippen molar-refractivity contribution < 1.29 is 9.72 Å². The van der Waals surface area contributed by atoms with E-state index >= 15 is 0 Å². The zero-order valence-electron chi connectivity index (χ0n) is 12.1. The summed E-state index contributed by atoms with van der Waals surface area (Å²) in [5.74, 6) is -0.117. The lowest BCUT2D eigenvalue weighted by atomic mass is 10.1. The predicted molar refractivity (Wildman–Crippen MR) is 76.6 cm³/mol. The average Bonchev–Trinajstić information content (AvgIpc) is 2.36. The lowest BCUT2D eigenvalue weighted by Crippen LogP contribution is -2.41. The lowest BCUT2D eigenvalue weighted by molar-refractivity contribution is -0.384. The number of amides is 1. The van der Waals surface area contributed by atoms with E-state index in [-0.39, 0.29) is 41.5 Å². The topological polar surface area (TPSA) is 121 Å². The first-order chi connectivity index (χ1) is 9.73. The molecule has 0 aliphatic rings. The molecule has 0 saturated carbocycles. The molecule has 8 nitrogen and oxygen atoms in total. The molecule has 0 atom stereocenters. The number of pyridine rings is 1. The Kier molecular flexibility index (Phi) is 5.18. The molecule has 0 aliphatic carbocycles. The van der Waals surface area contributed by atoms with Crippen LogP contribution in [-0.2, 0) is 4.79 Å². The van der Waals surface area contributed by atoms with Gasteiger partial charge in [-0.2, -0.15) is 5.26 Å². The van der Waals surface area contributed by atoms with E-state index in [1.54, 1.807) is 6.07 Å². The van der Waals surface area contributed by atoms with E-state index in [2.05, 4.69) is 15.6 Å². The van der Waals surface area contributed by atoms with Crippen LogP contribution in [0.2, 0.25) is 0 Å². The number of nitriles is 1. The van der Waals surface area contributed by atoms with Crippen molar-refractivity contribution in [2.75, 3.05) is 11.9 Å². The van der Waals surface area contributed by atoms with Crippen molar-refractivity contribution in [3.05, 3.63) is 27.9 Å². The van der Waals surface area contributed by atoms with Crippen molar-refractivity contribution >= 4 is 17.4 Å². The minimum absolute atomic E-state index is 0.0440. The van der Waals surface area contributed by atoms with Crippen molar-refractivity contribution in [3.8, 4) is 6.07 Å². The molecule has 0 spiro atoms. The van der Waals surface area contributed by atoms with Crippen molar-refractivity contribution in [2.24, 2.45) is 0 Å². The molecule has 0 bridgehead atoms. The molecule has 8 heteroatoms. The number of nitrogens with one attached hydrogen (secondary N) is 2. The number of carbonyl (C=O) groups excluding carboxylic acids is 1. The molecule has 112 valence electrons. The summed E-state index contributed by atoms with van der Waals surface area (Å²) in [5, 5.41) is 25.1. The van der Waals surface area contributed by atoms with Crippen molar-refractivity contribution in [2.45, 2.75) is 32.7 Å². The van der Waals surface area contributed by atoms with E-state index in [9.17, 15) is 14.9 Å². The molecule has 1 aromatic heterocycles. The zero-order valence-corrected chi connectivity index (χ0v) is 12.1. The van der Waals surface area contributed by atoms with Crippen LogP contribution in [-0.4, -0.2) is 27.9 Å². The Labute approximate surface area is 122 Å². The molecule has 1 amide bonds. The van der Waals surface area contributed by atoms with E-state index in [1.165, 1.54) is 6.20 Å². The Bertz CT molecular complexity index is 586. The standard InChI is InChI=1S/C13H17N5O3/c1-13(2,3)17-11(19)4-5-15-12-10(18(20)21)6-9(7-14)8-16-12/h6,8H,4-5H2,1-3H3,(H,15,16)(H,17,19). The summed E-state index contributed by atoms with van der Waals surface area (Å²) >= 11 is 0. The SMILES string of the molecule is CC(C)(C)NC(=O)CCNc1ncc(C#N)cc1[N+](=O)[O-]. The summed E-state index contributed by atoms with van der Waals surface area (Å²) in [4.78, 5) is 25.7. The fourth-order valence-corrected chi connectivity index (χ4v) is 1.56. The summed E-state index contributed by atoms with van der Waals surface area (Å²) in [6.45, 7) is 5.81. The number of anilines is 1. The first kappa shape index (κ1) is 16.4. The third kappa shape index (κ3) is 5.44. The first-order valence-electron chi connectivity index (χ1n) is 6.32. The molecule has 1 rings (SSSR count). The molecule has 1 heterocycles. The molecular weight excluding hydrogens is 274 g/mol. The summed E-state index contributed by atoms with van der Waals surface area (Å²) in [5.41, 5.74) is -0.501. The second-order valence-electron chi connectivity index (χ2n) is 5.44. The average molecular weight is 291 g/mol. The summed E-state index contributed by atoms with van der Waals surface area (Å²) in [6, 6.07) is 2.93. The normalized spacial score (nSPS) is 10.6. The molecule has 0 unspecified atom stereocenters. The molecule has 1 aromatic rings. The van der Waals surface area contributed by atoms with Crippen LogP contribution in [0, 0.1) is 21.4 Å². The Morgan fingerprint density at radius 3 is 2.71 bits per heavy atom. The highest BCUT2D eigenvalue weighted by atomic mass is 16.6. The van der Waals surface area contributed by atoms with E-state index in [4.69, 9.17) is 5.26 Å². The van der Waals surface area contributed by atoms with Gasteiger partial charge in [0, 0.05) is 30.8 Å². The van der Waals surface area contributed by atoms with Crippen molar-refractivity contribution in [1.29, 1.82) is 5.26 Å². The Morgan fingerprint density at radius 1 is 1.52 bits per heavy atom.